The number of nitrogens with zero attached hydrogens (tertiary/aromatic N) is 6. The Kier molecular flexibility index (Phi) is 5.91. The number of nitrogen functional groups attached to an aromatic ring is 1. The van der Waals surface area contributed by atoms with Gasteiger partial charge in [-0.1, -0.05) is 10.3 Å². The maximum atomic E-state index is 12.6. The second-order valence-corrected chi connectivity index (χ2v) is 7.70. The molecule has 0 spiro atoms. The van der Waals surface area contributed by atoms with Gasteiger partial charge in [0.1, 0.15) is 29.9 Å². The molecular weight excluding hydrogens is 424 g/mol. The Morgan fingerprint density at radius 2 is 2.34 bits per heavy atom. The molecule has 2 amide bonds. The van der Waals surface area contributed by atoms with Crippen LogP contribution in [0.4, 0.5) is 5.13 Å². The van der Waals surface area contributed by atoms with Crippen molar-refractivity contribution in [1.29, 1.82) is 0 Å². The van der Waals surface area contributed by atoms with Gasteiger partial charge in [0.2, 0.25) is 0 Å². The number of hydrogen-bond acceptors (Lipinski definition) is 10. The van der Waals surface area contributed by atoms with Crippen LogP contribution < -0.4 is 11.1 Å². The van der Waals surface area contributed by atoms with E-state index in [-0.39, 0.29) is 34.5 Å². The van der Waals surface area contributed by atoms with Crippen molar-refractivity contribution in [2.45, 2.75) is 11.4 Å². The molecule has 152 valence electrons. The Hall–Kier alpha value is -3.29. The van der Waals surface area contributed by atoms with Crippen LogP contribution in [0.1, 0.15) is 5.69 Å². The molecule has 0 unspecified atom stereocenters. The second kappa shape index (κ2) is 8.38. The van der Waals surface area contributed by atoms with E-state index in [1.165, 1.54) is 24.3 Å². The van der Waals surface area contributed by atoms with Crippen LogP contribution in [0.15, 0.2) is 26.9 Å². The Labute approximate surface area is 171 Å². The van der Waals surface area contributed by atoms with Crippen molar-refractivity contribution in [3.8, 4) is 0 Å². The van der Waals surface area contributed by atoms with E-state index in [1.54, 1.807) is 0 Å². The van der Waals surface area contributed by atoms with Gasteiger partial charge in [-0.25, -0.2) is 9.78 Å². The first-order valence-electron chi connectivity index (χ1n) is 7.93. The van der Waals surface area contributed by atoms with Crippen LogP contribution >= 0.6 is 23.1 Å². The number of carbonyl (C=O) groups is 3. The number of oxime groups is 1. The van der Waals surface area contributed by atoms with E-state index in [2.05, 4.69) is 30.3 Å². The number of carbonyl (C=O) groups excluding carboxylic acids is 2. The lowest BCUT2D eigenvalue weighted by atomic mass is 10.0. The molecule has 1 aromatic heterocycles. The highest BCUT2D eigenvalue weighted by Gasteiger charge is 2.54. The third-order valence-corrected chi connectivity index (χ3v) is 6.04. The average Bonchev–Trinajstić information content (AvgIpc) is 3.13. The van der Waals surface area contributed by atoms with Gasteiger partial charge in [-0.15, -0.1) is 23.1 Å². The van der Waals surface area contributed by atoms with Gasteiger partial charge in [0, 0.05) is 16.0 Å². The summed E-state index contributed by atoms with van der Waals surface area (Å²) >= 11 is 2.36. The van der Waals surface area contributed by atoms with Crippen molar-refractivity contribution in [1.82, 2.24) is 15.2 Å². The summed E-state index contributed by atoms with van der Waals surface area (Å²) in [6.07, 6.45) is 0. The molecule has 0 aliphatic carbocycles. The van der Waals surface area contributed by atoms with E-state index in [0.717, 1.165) is 16.2 Å². The molecule has 2 aliphatic rings. The summed E-state index contributed by atoms with van der Waals surface area (Å²) in [5.74, 6) is -2.38. The lowest BCUT2D eigenvalue weighted by molar-refractivity contribution is -0.150. The van der Waals surface area contributed by atoms with E-state index in [9.17, 15) is 19.5 Å². The first kappa shape index (κ1) is 20.4. The van der Waals surface area contributed by atoms with Crippen molar-refractivity contribution in [2.75, 3.05) is 25.1 Å². The molecule has 0 radical (unpaired) electrons. The van der Waals surface area contributed by atoms with E-state index in [4.69, 9.17) is 11.3 Å². The van der Waals surface area contributed by atoms with Gasteiger partial charge in [0.25, 0.3) is 11.8 Å². The van der Waals surface area contributed by atoms with Gasteiger partial charge in [-0.05, 0) is 11.1 Å². The molecule has 0 aromatic carbocycles. The standard InChI is InChI=1S/C14H14N8O5S2/c1-27-20-7(6-4-29-14(15)18-6)10(23)19-8-11(24)22-9(13(25)26)5(2-17-21-16)3-28-12(8)22/h4,8,12H,2-3H2,1H3,(H2,15,18)(H,19,23)(H,25,26)/b20-7-/t8-,12-/m1/s1. The number of fused-ring (bicyclic) bond motifs is 1. The van der Waals surface area contributed by atoms with E-state index < -0.39 is 29.2 Å². The maximum Gasteiger partial charge on any atom is 0.352 e. The predicted octanol–water partition coefficient (Wildman–Crippen LogP) is 0.125. The number of carboxylic acid groups (broad SMARTS) is 1. The van der Waals surface area contributed by atoms with E-state index in [1.807, 2.05) is 0 Å². The summed E-state index contributed by atoms with van der Waals surface area (Å²) in [5, 5.41) is 20.2. The second-order valence-electron chi connectivity index (χ2n) is 5.70. The number of aliphatic carboxylic acids is 1. The number of nitrogens with two attached hydrogens (primary N) is 1. The Balaban J connectivity index is 1.79. The van der Waals surface area contributed by atoms with Crippen molar-refractivity contribution in [3.63, 3.8) is 0 Å². The van der Waals surface area contributed by atoms with Gasteiger partial charge in [0.15, 0.2) is 10.8 Å². The molecule has 15 heteroatoms. The number of aromatic nitrogens is 1. The predicted molar refractivity (Wildman–Crippen MR) is 104 cm³/mol. The molecule has 4 N–H and O–H groups in total. The molecule has 13 nitrogen and oxygen atoms in total. The zero-order chi connectivity index (χ0) is 21.1. The zero-order valence-electron chi connectivity index (χ0n) is 14.8. The molecule has 1 saturated heterocycles. The minimum atomic E-state index is -1.31. The number of amides is 2. The first-order valence-corrected chi connectivity index (χ1v) is 9.86. The van der Waals surface area contributed by atoms with Gasteiger partial charge in [0.05, 0.1) is 6.54 Å². The molecule has 2 aliphatic heterocycles. The Bertz CT molecular complexity index is 982. The molecule has 29 heavy (non-hydrogen) atoms. The highest BCUT2D eigenvalue weighted by Crippen LogP contribution is 2.40. The Morgan fingerprint density at radius 3 is 2.93 bits per heavy atom. The summed E-state index contributed by atoms with van der Waals surface area (Å²) < 4.78 is 0. The zero-order valence-corrected chi connectivity index (χ0v) is 16.4. The normalized spacial score (nSPS) is 21.1. The van der Waals surface area contributed by atoms with Crippen LogP contribution in [0.5, 0.6) is 0 Å². The van der Waals surface area contributed by atoms with Gasteiger partial charge >= 0.3 is 5.97 Å². The molecule has 0 saturated carbocycles. The Morgan fingerprint density at radius 1 is 1.59 bits per heavy atom. The number of azide groups is 1. The molecule has 1 aromatic rings. The fourth-order valence-electron chi connectivity index (χ4n) is 2.82. The van der Waals surface area contributed by atoms with Crippen molar-refractivity contribution in [3.05, 3.63) is 32.8 Å². The minimum Gasteiger partial charge on any atom is -0.477 e. The van der Waals surface area contributed by atoms with Crippen LogP contribution in [-0.4, -0.2) is 69.3 Å². The van der Waals surface area contributed by atoms with Crippen molar-refractivity contribution < 1.29 is 24.3 Å². The van der Waals surface area contributed by atoms with Crippen molar-refractivity contribution in [2.24, 2.45) is 10.3 Å². The number of thioether (sulfide) groups is 1. The number of carboxylic acids is 1. The highest BCUT2D eigenvalue weighted by atomic mass is 32.2. The number of anilines is 1. The summed E-state index contributed by atoms with van der Waals surface area (Å²) in [7, 11) is 1.26. The topological polar surface area (TPSA) is 196 Å². The number of nitrogens with one attached hydrogen (secondary N) is 1. The number of hydrogen-bond donors (Lipinski definition) is 3. The lowest BCUT2D eigenvalue weighted by Gasteiger charge is -2.49. The van der Waals surface area contributed by atoms with Crippen LogP contribution in [0.3, 0.4) is 0 Å². The molecule has 3 rings (SSSR count). The van der Waals surface area contributed by atoms with Crippen LogP contribution in [0.2, 0.25) is 0 Å². The van der Waals surface area contributed by atoms with Gasteiger partial charge in [-0.3, -0.25) is 14.5 Å². The molecule has 0 bridgehead atoms. The largest absolute Gasteiger partial charge is 0.477 e. The van der Waals surface area contributed by atoms with Crippen LogP contribution in [0, 0.1) is 0 Å². The highest BCUT2D eigenvalue weighted by molar-refractivity contribution is 8.00. The number of rotatable bonds is 7. The summed E-state index contributed by atoms with van der Waals surface area (Å²) in [5.41, 5.74) is 14.2. The molecule has 1 fully saturated rings. The van der Waals surface area contributed by atoms with E-state index >= 15 is 0 Å². The lowest BCUT2D eigenvalue weighted by Crippen LogP contribution is -2.71. The molecular formula is C14H14N8O5S2. The first-order chi connectivity index (χ1) is 13.9. The average molecular weight is 438 g/mol. The summed E-state index contributed by atoms with van der Waals surface area (Å²) in [4.78, 5) is 49.2. The fraction of sp³-hybridized carbons (Fsp3) is 0.357. The van der Waals surface area contributed by atoms with Crippen molar-refractivity contribution >= 4 is 51.7 Å². The summed E-state index contributed by atoms with van der Waals surface area (Å²) in [6.45, 7) is -0.158. The van der Waals surface area contributed by atoms with Crippen LogP contribution in [0.25, 0.3) is 10.4 Å². The van der Waals surface area contributed by atoms with E-state index in [0.29, 0.717) is 5.57 Å². The van der Waals surface area contributed by atoms with Crippen LogP contribution in [-0.2, 0) is 19.2 Å². The van der Waals surface area contributed by atoms with Gasteiger partial charge in [-0.2, -0.15) is 0 Å². The fourth-order valence-corrected chi connectivity index (χ4v) is 4.71. The van der Waals surface area contributed by atoms with Gasteiger partial charge < -0.3 is 21.0 Å². The summed E-state index contributed by atoms with van der Waals surface area (Å²) in [6, 6.07) is -0.957. The maximum absolute atomic E-state index is 12.6. The minimum absolute atomic E-state index is 0.158. The monoisotopic (exact) mass is 438 g/mol. The number of thiazole rings is 1. The third-order valence-electron chi connectivity index (χ3n) is 4.02. The quantitative estimate of drug-likeness (QED) is 0.133. The SMILES string of the molecule is CO/N=C(\C(=O)N[C@@H]1C(=O)N2C(C(=O)O)=C(CN=[N+]=[N-])CS[C@H]12)c1csc(N)n1. The smallest absolute Gasteiger partial charge is 0.352 e. The molecule has 3 heterocycles. The number of β-lactam (4-membered cyclic amide) rings is 1. The third kappa shape index (κ3) is 3.83. The molecule has 2 atom stereocenters.